The van der Waals surface area contributed by atoms with Gasteiger partial charge in [0, 0.05) is 12.6 Å². The van der Waals surface area contributed by atoms with Gasteiger partial charge in [-0.3, -0.25) is 0 Å². The molecular weight excluding hydrogens is 246 g/mol. The lowest BCUT2D eigenvalue weighted by Crippen LogP contribution is -2.37. The maximum Gasteiger partial charge on any atom is 0.0636 e. The zero-order chi connectivity index (χ0) is 14.2. The zero-order valence-corrected chi connectivity index (χ0v) is 13.7. The molecule has 0 aromatic heterocycles. The van der Waals surface area contributed by atoms with E-state index in [0.29, 0.717) is 16.9 Å². The van der Waals surface area contributed by atoms with Crippen LogP contribution in [0.2, 0.25) is 0 Å². The molecule has 0 heterocycles. The fourth-order valence-corrected chi connectivity index (χ4v) is 4.61. The van der Waals surface area contributed by atoms with E-state index in [0.717, 1.165) is 18.6 Å². The molecule has 3 aliphatic carbocycles. The predicted octanol–water partition coefficient (Wildman–Crippen LogP) is 4.14. The summed E-state index contributed by atoms with van der Waals surface area (Å²) >= 11 is 0. The summed E-state index contributed by atoms with van der Waals surface area (Å²) in [6, 6.07) is 0.863. The number of unbranched alkanes of at least 4 members (excludes halogenated alkanes) is 2. The molecule has 0 aromatic rings. The molecule has 0 saturated heterocycles. The Labute approximate surface area is 125 Å². The third-order valence-electron chi connectivity index (χ3n) is 6.86. The van der Waals surface area contributed by atoms with Crippen molar-refractivity contribution in [3.63, 3.8) is 0 Å². The number of nitrogens with one attached hydrogen (secondary N) is 1. The highest BCUT2D eigenvalue weighted by Gasteiger charge is 2.61. The topological polar surface area (TPSA) is 21.3 Å². The standard InChI is InChI=1S/C18H33NO/c1-17(2)14-9-10-18(17,3)16(13-14)20-12-6-4-5-11-19-15-7-8-15/h14-16,19H,4-13H2,1-3H3. The van der Waals surface area contributed by atoms with Crippen LogP contribution < -0.4 is 5.32 Å². The van der Waals surface area contributed by atoms with E-state index >= 15 is 0 Å². The summed E-state index contributed by atoms with van der Waals surface area (Å²) in [4.78, 5) is 0. The number of ether oxygens (including phenoxy) is 1. The normalized spacial score (nSPS) is 38.5. The van der Waals surface area contributed by atoms with Gasteiger partial charge >= 0.3 is 0 Å². The van der Waals surface area contributed by atoms with Crippen LogP contribution in [0.3, 0.4) is 0 Å². The first-order valence-electron chi connectivity index (χ1n) is 8.89. The summed E-state index contributed by atoms with van der Waals surface area (Å²) in [5.74, 6) is 0.903. The lowest BCUT2D eigenvalue weighted by molar-refractivity contribution is -0.0475. The number of hydrogen-bond donors (Lipinski definition) is 1. The van der Waals surface area contributed by atoms with E-state index in [9.17, 15) is 0 Å². The first kappa shape index (κ1) is 14.8. The average molecular weight is 279 g/mol. The molecule has 20 heavy (non-hydrogen) atoms. The highest BCUT2D eigenvalue weighted by Crippen LogP contribution is 2.66. The molecule has 2 nitrogen and oxygen atoms in total. The second-order valence-corrected chi connectivity index (χ2v) is 8.26. The van der Waals surface area contributed by atoms with Crippen molar-refractivity contribution >= 4 is 0 Å². The Morgan fingerprint density at radius 3 is 2.45 bits per heavy atom. The molecule has 3 saturated carbocycles. The van der Waals surface area contributed by atoms with Gasteiger partial charge in [0.15, 0.2) is 0 Å². The minimum absolute atomic E-state index is 0.436. The minimum Gasteiger partial charge on any atom is -0.378 e. The second-order valence-electron chi connectivity index (χ2n) is 8.26. The van der Waals surface area contributed by atoms with Crippen LogP contribution in [-0.2, 0) is 4.74 Å². The Morgan fingerprint density at radius 1 is 1.05 bits per heavy atom. The highest BCUT2D eigenvalue weighted by atomic mass is 16.5. The van der Waals surface area contributed by atoms with Gasteiger partial charge in [-0.25, -0.2) is 0 Å². The van der Waals surface area contributed by atoms with Crippen molar-refractivity contribution < 1.29 is 4.74 Å². The molecule has 2 heteroatoms. The van der Waals surface area contributed by atoms with Gasteiger partial charge in [-0.1, -0.05) is 20.8 Å². The van der Waals surface area contributed by atoms with Crippen LogP contribution in [-0.4, -0.2) is 25.3 Å². The van der Waals surface area contributed by atoms with Gasteiger partial charge < -0.3 is 10.1 Å². The molecule has 0 aromatic carbocycles. The lowest BCUT2D eigenvalue weighted by atomic mass is 9.70. The van der Waals surface area contributed by atoms with Crippen molar-refractivity contribution in [1.82, 2.24) is 5.32 Å². The quantitative estimate of drug-likeness (QED) is 0.674. The molecular formula is C18H33NO. The van der Waals surface area contributed by atoms with E-state index in [1.807, 2.05) is 0 Å². The van der Waals surface area contributed by atoms with E-state index in [1.54, 1.807) is 0 Å². The largest absolute Gasteiger partial charge is 0.378 e. The molecule has 3 rings (SSSR count). The van der Waals surface area contributed by atoms with Gasteiger partial charge in [0.1, 0.15) is 0 Å². The van der Waals surface area contributed by atoms with Gasteiger partial charge in [0.05, 0.1) is 6.10 Å². The zero-order valence-electron chi connectivity index (χ0n) is 13.7. The van der Waals surface area contributed by atoms with Crippen LogP contribution >= 0.6 is 0 Å². The molecule has 0 radical (unpaired) electrons. The number of hydrogen-bond acceptors (Lipinski definition) is 2. The van der Waals surface area contributed by atoms with E-state index in [-0.39, 0.29) is 0 Å². The van der Waals surface area contributed by atoms with Crippen molar-refractivity contribution in [2.45, 2.75) is 84.3 Å². The van der Waals surface area contributed by atoms with Crippen LogP contribution in [0.15, 0.2) is 0 Å². The third-order valence-corrected chi connectivity index (χ3v) is 6.86. The summed E-state index contributed by atoms with van der Waals surface area (Å²) in [7, 11) is 0. The van der Waals surface area contributed by atoms with E-state index in [4.69, 9.17) is 4.74 Å². The van der Waals surface area contributed by atoms with Gasteiger partial charge in [0.25, 0.3) is 0 Å². The van der Waals surface area contributed by atoms with Crippen molar-refractivity contribution in [3.05, 3.63) is 0 Å². The van der Waals surface area contributed by atoms with E-state index in [2.05, 4.69) is 26.1 Å². The Hall–Kier alpha value is -0.0800. The molecule has 0 spiro atoms. The van der Waals surface area contributed by atoms with Gasteiger partial charge in [-0.2, -0.15) is 0 Å². The SMILES string of the molecule is CC1(C)C2CCC1(C)C(OCCCCCNC1CC1)C2. The number of fused-ring (bicyclic) bond motifs is 2. The predicted molar refractivity (Wildman–Crippen MR) is 83.8 cm³/mol. The fourth-order valence-electron chi connectivity index (χ4n) is 4.61. The molecule has 0 aliphatic heterocycles. The van der Waals surface area contributed by atoms with Crippen molar-refractivity contribution in [2.24, 2.45) is 16.7 Å². The maximum atomic E-state index is 6.30. The summed E-state index contributed by atoms with van der Waals surface area (Å²) in [5, 5.41) is 3.59. The Morgan fingerprint density at radius 2 is 1.85 bits per heavy atom. The minimum atomic E-state index is 0.436. The highest BCUT2D eigenvalue weighted by molar-refractivity contribution is 5.11. The summed E-state index contributed by atoms with van der Waals surface area (Å²) in [6.45, 7) is 9.60. The third kappa shape index (κ3) is 2.66. The summed E-state index contributed by atoms with van der Waals surface area (Å²) < 4.78 is 6.30. The maximum absolute atomic E-state index is 6.30. The Kier molecular flexibility index (Phi) is 4.16. The monoisotopic (exact) mass is 279 g/mol. The van der Waals surface area contributed by atoms with Crippen LogP contribution in [0.1, 0.15) is 72.1 Å². The van der Waals surface area contributed by atoms with Crippen molar-refractivity contribution in [3.8, 4) is 0 Å². The lowest BCUT2D eigenvalue weighted by Gasteiger charge is -2.39. The fraction of sp³-hybridized carbons (Fsp3) is 1.00. The second kappa shape index (κ2) is 5.61. The smallest absolute Gasteiger partial charge is 0.0636 e. The first-order valence-corrected chi connectivity index (χ1v) is 8.89. The molecule has 1 N–H and O–H groups in total. The van der Waals surface area contributed by atoms with Crippen LogP contribution in [0.5, 0.6) is 0 Å². The molecule has 3 fully saturated rings. The summed E-state index contributed by atoms with van der Waals surface area (Å²) in [6.07, 6.45) is 11.3. The van der Waals surface area contributed by atoms with E-state index in [1.165, 1.54) is 57.9 Å². The first-order chi connectivity index (χ1) is 9.54. The average Bonchev–Trinajstić information content (AvgIpc) is 3.17. The molecule has 3 unspecified atom stereocenters. The summed E-state index contributed by atoms with van der Waals surface area (Å²) in [5.41, 5.74) is 0.928. The van der Waals surface area contributed by atoms with Gasteiger partial charge in [-0.15, -0.1) is 0 Å². The number of rotatable bonds is 8. The molecule has 3 atom stereocenters. The van der Waals surface area contributed by atoms with Gasteiger partial charge in [-0.05, 0) is 74.7 Å². The van der Waals surface area contributed by atoms with Crippen molar-refractivity contribution in [2.75, 3.05) is 13.2 Å². The van der Waals surface area contributed by atoms with Gasteiger partial charge in [0.2, 0.25) is 0 Å². The Balaban J connectivity index is 1.31. The van der Waals surface area contributed by atoms with E-state index < -0.39 is 0 Å². The molecule has 2 bridgehead atoms. The Bertz CT molecular complexity index is 336. The molecule has 3 aliphatic rings. The molecule has 116 valence electrons. The van der Waals surface area contributed by atoms with Crippen molar-refractivity contribution in [1.29, 1.82) is 0 Å². The van der Waals surface area contributed by atoms with Crippen LogP contribution in [0, 0.1) is 16.7 Å². The van der Waals surface area contributed by atoms with Crippen LogP contribution in [0.4, 0.5) is 0 Å². The molecule has 0 amide bonds. The van der Waals surface area contributed by atoms with Crippen LogP contribution in [0.25, 0.3) is 0 Å².